The van der Waals surface area contributed by atoms with Crippen molar-refractivity contribution in [1.82, 2.24) is 14.8 Å². The smallest absolute Gasteiger partial charge is 0.311 e. The first-order valence-corrected chi connectivity index (χ1v) is 11.2. The molecule has 154 valence electrons. The Morgan fingerprint density at radius 2 is 2.03 bits per heavy atom. The summed E-state index contributed by atoms with van der Waals surface area (Å²) in [5, 5.41) is 11.1. The normalized spacial score (nSPS) is 11.0. The largest absolute Gasteiger partial charge is 0.466 e. The van der Waals surface area contributed by atoms with Gasteiger partial charge in [-0.2, -0.15) is 5.10 Å². The molecule has 0 radical (unpaired) electrons. The molecule has 7 nitrogen and oxygen atoms in total. The van der Waals surface area contributed by atoms with E-state index < -0.39 is 0 Å². The van der Waals surface area contributed by atoms with E-state index in [1.807, 2.05) is 29.8 Å². The molecule has 10 heteroatoms. The number of esters is 1. The molecule has 3 heterocycles. The minimum absolute atomic E-state index is 0.0826. The van der Waals surface area contributed by atoms with Gasteiger partial charge in [-0.25, -0.2) is 9.67 Å². The zero-order chi connectivity index (χ0) is 21.3. The zero-order valence-corrected chi connectivity index (χ0v) is 18.5. The lowest BCUT2D eigenvalue weighted by Gasteiger charge is -2.02. The Kier molecular flexibility index (Phi) is 5.85. The van der Waals surface area contributed by atoms with Crippen molar-refractivity contribution < 1.29 is 14.3 Å². The molecule has 30 heavy (non-hydrogen) atoms. The summed E-state index contributed by atoms with van der Waals surface area (Å²) >= 11 is 8.60. The van der Waals surface area contributed by atoms with Gasteiger partial charge < -0.3 is 4.74 Å². The van der Waals surface area contributed by atoms with Gasteiger partial charge >= 0.3 is 5.97 Å². The molecule has 0 aliphatic carbocycles. The number of aryl methyl sites for hydroxylation is 1. The first-order valence-electron chi connectivity index (χ1n) is 9.11. The fourth-order valence-corrected chi connectivity index (χ4v) is 4.79. The van der Waals surface area contributed by atoms with Crippen LogP contribution in [0, 0.1) is 6.92 Å². The van der Waals surface area contributed by atoms with E-state index >= 15 is 0 Å². The van der Waals surface area contributed by atoms with E-state index in [0.29, 0.717) is 27.3 Å². The van der Waals surface area contributed by atoms with Crippen LogP contribution in [0.2, 0.25) is 5.02 Å². The first kappa shape index (κ1) is 20.5. The predicted molar refractivity (Wildman–Crippen MR) is 119 cm³/mol. The number of amides is 1. The molecular formula is C20H17ClN4O3S2. The Bertz CT molecular complexity index is 1230. The minimum Gasteiger partial charge on any atom is -0.466 e. The number of benzene rings is 1. The SMILES string of the molecule is CCOC(=O)Cc1csc(NC(=O)c2cc3c(C)nn(-c4ccc(Cl)cc4)c3s2)n1. The van der Waals surface area contributed by atoms with Crippen LogP contribution in [-0.2, 0) is 16.0 Å². The molecule has 0 saturated heterocycles. The molecule has 0 saturated carbocycles. The summed E-state index contributed by atoms with van der Waals surface area (Å²) in [4.78, 5) is 30.0. The van der Waals surface area contributed by atoms with E-state index in [4.69, 9.17) is 16.3 Å². The van der Waals surface area contributed by atoms with Gasteiger partial charge in [0.05, 0.1) is 35.0 Å². The lowest BCUT2D eigenvalue weighted by Crippen LogP contribution is -2.11. The molecule has 0 bridgehead atoms. The lowest BCUT2D eigenvalue weighted by molar-refractivity contribution is -0.142. The number of anilines is 1. The van der Waals surface area contributed by atoms with Gasteiger partial charge in [-0.3, -0.25) is 14.9 Å². The molecule has 0 aliphatic rings. The number of carbonyl (C=O) groups is 2. The molecule has 0 unspecified atom stereocenters. The predicted octanol–water partition coefficient (Wildman–Crippen LogP) is 4.86. The van der Waals surface area contributed by atoms with Crippen molar-refractivity contribution >= 4 is 61.5 Å². The van der Waals surface area contributed by atoms with E-state index in [2.05, 4.69) is 15.4 Å². The summed E-state index contributed by atoms with van der Waals surface area (Å²) in [6, 6.07) is 9.20. The van der Waals surface area contributed by atoms with E-state index in [9.17, 15) is 9.59 Å². The number of thiophene rings is 1. The molecule has 0 aliphatic heterocycles. The van der Waals surface area contributed by atoms with Gasteiger partial charge in [-0.15, -0.1) is 22.7 Å². The number of ether oxygens (including phenoxy) is 1. The van der Waals surface area contributed by atoms with Crippen LogP contribution in [0.1, 0.15) is 28.0 Å². The topological polar surface area (TPSA) is 86.1 Å². The summed E-state index contributed by atoms with van der Waals surface area (Å²) in [6.07, 6.45) is 0.0826. The standard InChI is InChI=1S/C20H17ClN4O3S2/c1-3-28-17(26)8-13-10-29-20(22-13)23-18(27)16-9-15-11(2)24-25(19(15)30-16)14-6-4-12(21)5-7-14/h4-7,9-10H,3,8H2,1-2H3,(H,22,23,27). The third-order valence-electron chi connectivity index (χ3n) is 4.24. The lowest BCUT2D eigenvalue weighted by atomic mass is 10.3. The van der Waals surface area contributed by atoms with Gasteiger partial charge in [-0.05, 0) is 44.2 Å². The number of rotatable bonds is 6. The Balaban J connectivity index is 1.54. The molecule has 1 amide bonds. The molecule has 4 rings (SSSR count). The zero-order valence-electron chi connectivity index (χ0n) is 16.1. The summed E-state index contributed by atoms with van der Waals surface area (Å²) in [5.74, 6) is -0.595. The highest BCUT2D eigenvalue weighted by Gasteiger charge is 2.18. The molecule has 1 aromatic carbocycles. The minimum atomic E-state index is -0.340. The van der Waals surface area contributed by atoms with Crippen LogP contribution >= 0.6 is 34.3 Å². The number of hydrogen-bond donors (Lipinski definition) is 1. The van der Waals surface area contributed by atoms with Gasteiger partial charge in [-0.1, -0.05) is 11.6 Å². The van der Waals surface area contributed by atoms with Crippen LogP contribution < -0.4 is 5.32 Å². The van der Waals surface area contributed by atoms with Crippen LogP contribution in [0.25, 0.3) is 15.9 Å². The number of nitrogens with zero attached hydrogens (tertiary/aromatic N) is 3. The summed E-state index contributed by atoms with van der Waals surface area (Å²) in [5.41, 5.74) is 2.27. The van der Waals surface area contributed by atoms with Crippen molar-refractivity contribution in [1.29, 1.82) is 0 Å². The molecule has 0 spiro atoms. The maximum absolute atomic E-state index is 12.7. The van der Waals surface area contributed by atoms with Gasteiger partial charge in [0.15, 0.2) is 5.13 Å². The average molecular weight is 461 g/mol. The highest BCUT2D eigenvalue weighted by atomic mass is 35.5. The van der Waals surface area contributed by atoms with Crippen LogP contribution in [0.3, 0.4) is 0 Å². The molecule has 0 atom stereocenters. The van der Waals surface area contributed by atoms with Crippen molar-refractivity contribution in [2.75, 3.05) is 11.9 Å². The number of carbonyl (C=O) groups excluding carboxylic acids is 2. The van der Waals surface area contributed by atoms with Crippen molar-refractivity contribution in [3.8, 4) is 5.69 Å². The fourth-order valence-electron chi connectivity index (χ4n) is 2.88. The third kappa shape index (κ3) is 4.23. The third-order valence-corrected chi connectivity index (χ3v) is 6.41. The monoisotopic (exact) mass is 460 g/mol. The van der Waals surface area contributed by atoms with Crippen LogP contribution in [0.5, 0.6) is 0 Å². The molecule has 4 aromatic rings. The quantitative estimate of drug-likeness (QED) is 0.415. The van der Waals surface area contributed by atoms with Crippen molar-refractivity contribution in [3.63, 3.8) is 0 Å². The molecule has 0 fully saturated rings. The van der Waals surface area contributed by atoms with Crippen molar-refractivity contribution in [2.24, 2.45) is 0 Å². The Morgan fingerprint density at radius 3 is 2.77 bits per heavy atom. The number of hydrogen-bond acceptors (Lipinski definition) is 7. The summed E-state index contributed by atoms with van der Waals surface area (Å²) in [6.45, 7) is 3.99. The summed E-state index contributed by atoms with van der Waals surface area (Å²) < 4.78 is 6.73. The van der Waals surface area contributed by atoms with Gasteiger partial charge in [0, 0.05) is 15.8 Å². The second kappa shape index (κ2) is 8.55. The number of aromatic nitrogens is 3. The molecule has 3 aromatic heterocycles. The number of thiazole rings is 1. The second-order valence-corrected chi connectivity index (χ2v) is 8.71. The van der Waals surface area contributed by atoms with Crippen LogP contribution in [0.4, 0.5) is 5.13 Å². The van der Waals surface area contributed by atoms with Crippen molar-refractivity contribution in [2.45, 2.75) is 20.3 Å². The highest BCUT2D eigenvalue weighted by Crippen LogP contribution is 2.31. The maximum Gasteiger partial charge on any atom is 0.311 e. The molecular weight excluding hydrogens is 444 g/mol. The Hall–Kier alpha value is -2.75. The highest BCUT2D eigenvalue weighted by molar-refractivity contribution is 7.20. The van der Waals surface area contributed by atoms with E-state index in [0.717, 1.165) is 21.6 Å². The Labute approximate surface area is 185 Å². The summed E-state index contributed by atoms with van der Waals surface area (Å²) in [7, 11) is 0. The van der Waals surface area contributed by atoms with E-state index in [1.54, 1.807) is 24.4 Å². The Morgan fingerprint density at radius 1 is 1.27 bits per heavy atom. The van der Waals surface area contributed by atoms with Gasteiger partial charge in [0.2, 0.25) is 0 Å². The average Bonchev–Trinajstić information content (AvgIpc) is 3.40. The maximum atomic E-state index is 12.7. The van der Waals surface area contributed by atoms with Crippen LogP contribution in [-0.4, -0.2) is 33.2 Å². The second-order valence-electron chi connectivity index (χ2n) is 6.38. The first-order chi connectivity index (χ1) is 14.4. The number of fused-ring (bicyclic) bond motifs is 1. The van der Waals surface area contributed by atoms with Crippen LogP contribution in [0.15, 0.2) is 35.7 Å². The van der Waals surface area contributed by atoms with E-state index in [1.165, 1.54) is 22.7 Å². The van der Waals surface area contributed by atoms with Crippen molar-refractivity contribution in [3.05, 3.63) is 57.0 Å². The number of nitrogens with one attached hydrogen (secondary N) is 1. The fraction of sp³-hybridized carbons (Fsp3) is 0.200. The molecule has 1 N–H and O–H groups in total. The van der Waals surface area contributed by atoms with Gasteiger partial charge in [0.25, 0.3) is 5.91 Å². The van der Waals surface area contributed by atoms with E-state index in [-0.39, 0.29) is 18.3 Å². The number of halogens is 1. The van der Waals surface area contributed by atoms with Gasteiger partial charge in [0.1, 0.15) is 4.83 Å².